The van der Waals surface area contributed by atoms with E-state index in [9.17, 15) is 0 Å². The maximum atomic E-state index is 6.87. The molecular formula is C51H31N3OS. The van der Waals surface area contributed by atoms with E-state index >= 15 is 0 Å². The van der Waals surface area contributed by atoms with E-state index in [4.69, 9.17) is 19.4 Å². The Morgan fingerprint density at radius 2 is 0.768 bits per heavy atom. The molecule has 56 heavy (non-hydrogen) atoms. The van der Waals surface area contributed by atoms with Crippen LogP contribution in [-0.4, -0.2) is 15.0 Å². The fourth-order valence-corrected chi connectivity index (χ4v) is 8.90. The number of fused-ring (bicyclic) bond motifs is 6. The molecule has 3 heterocycles. The second-order valence-corrected chi connectivity index (χ2v) is 15.1. The first-order valence-electron chi connectivity index (χ1n) is 18.7. The largest absolute Gasteiger partial charge is 0.455 e. The van der Waals surface area contributed by atoms with Crippen LogP contribution in [0.3, 0.4) is 0 Å². The fraction of sp³-hybridized carbons (Fsp3) is 0. The summed E-state index contributed by atoms with van der Waals surface area (Å²) in [5.41, 5.74) is 11.1. The van der Waals surface area contributed by atoms with Gasteiger partial charge in [-0.2, -0.15) is 0 Å². The number of hydrogen-bond donors (Lipinski definition) is 0. The van der Waals surface area contributed by atoms with Gasteiger partial charge in [-0.05, 0) is 46.0 Å². The van der Waals surface area contributed by atoms with E-state index in [0.29, 0.717) is 17.5 Å². The van der Waals surface area contributed by atoms with Crippen LogP contribution in [0.1, 0.15) is 0 Å². The Morgan fingerprint density at radius 1 is 0.304 bits per heavy atom. The lowest BCUT2D eigenvalue weighted by Crippen LogP contribution is -2.00. The number of para-hydroxylation sites is 2. The van der Waals surface area contributed by atoms with Crippen molar-refractivity contribution in [3.05, 3.63) is 188 Å². The molecule has 0 radical (unpaired) electrons. The molecule has 0 aliphatic heterocycles. The molecule has 0 saturated heterocycles. The molecule has 11 rings (SSSR count). The Labute approximate surface area is 327 Å². The molecule has 0 amide bonds. The van der Waals surface area contributed by atoms with E-state index in [-0.39, 0.29) is 0 Å². The zero-order valence-electron chi connectivity index (χ0n) is 30.1. The van der Waals surface area contributed by atoms with Gasteiger partial charge >= 0.3 is 0 Å². The molecule has 0 atom stereocenters. The van der Waals surface area contributed by atoms with Gasteiger partial charge < -0.3 is 4.42 Å². The van der Waals surface area contributed by atoms with E-state index in [1.165, 1.54) is 31.3 Å². The number of aromatic nitrogens is 3. The highest BCUT2D eigenvalue weighted by Crippen LogP contribution is 2.41. The minimum atomic E-state index is 0.562. The SMILES string of the molecule is c1ccc(-c2ccc(-c3nc(-c4ccccc4)nc(-c4cccc5c4oc4c(-c6ccc(-c7ccc8c(c7)sc7ccccc78)cc6)cccc45)n3)cc2)cc1. The predicted molar refractivity (Wildman–Crippen MR) is 233 cm³/mol. The van der Waals surface area contributed by atoms with Crippen molar-refractivity contribution >= 4 is 53.4 Å². The van der Waals surface area contributed by atoms with Gasteiger partial charge in [0.15, 0.2) is 17.5 Å². The third-order valence-corrected chi connectivity index (χ3v) is 11.7. The summed E-state index contributed by atoms with van der Waals surface area (Å²) in [5.74, 6) is 1.78. The van der Waals surface area contributed by atoms with Gasteiger partial charge in [-0.1, -0.05) is 170 Å². The van der Waals surface area contributed by atoms with Crippen LogP contribution < -0.4 is 0 Å². The van der Waals surface area contributed by atoms with Crippen LogP contribution in [-0.2, 0) is 0 Å². The van der Waals surface area contributed by atoms with Crippen LogP contribution in [0.5, 0.6) is 0 Å². The molecule has 0 fully saturated rings. The van der Waals surface area contributed by atoms with Crippen molar-refractivity contribution in [3.8, 4) is 67.5 Å². The number of benzene rings is 8. The lowest BCUT2D eigenvalue weighted by atomic mass is 9.98. The van der Waals surface area contributed by atoms with Crippen LogP contribution >= 0.6 is 11.3 Å². The van der Waals surface area contributed by atoms with Crippen LogP contribution in [0.25, 0.3) is 110 Å². The third kappa shape index (κ3) is 5.56. The van der Waals surface area contributed by atoms with Crippen molar-refractivity contribution in [2.24, 2.45) is 0 Å². The number of furan rings is 1. The zero-order chi connectivity index (χ0) is 37.0. The Kier molecular flexibility index (Phi) is 7.64. The highest BCUT2D eigenvalue weighted by molar-refractivity contribution is 7.25. The van der Waals surface area contributed by atoms with Gasteiger partial charge in [0.05, 0.1) is 5.56 Å². The Balaban J connectivity index is 0.996. The van der Waals surface area contributed by atoms with E-state index in [1.807, 2.05) is 53.8 Å². The molecule has 11 aromatic rings. The number of rotatable bonds is 6. The molecule has 4 nitrogen and oxygen atoms in total. The first-order valence-corrected chi connectivity index (χ1v) is 19.5. The zero-order valence-corrected chi connectivity index (χ0v) is 30.9. The van der Waals surface area contributed by atoms with E-state index in [1.54, 1.807) is 0 Å². The maximum Gasteiger partial charge on any atom is 0.167 e. The third-order valence-electron chi connectivity index (χ3n) is 10.6. The monoisotopic (exact) mass is 733 g/mol. The van der Waals surface area contributed by atoms with E-state index in [0.717, 1.165) is 60.9 Å². The maximum absolute atomic E-state index is 6.87. The first-order chi connectivity index (χ1) is 27.7. The van der Waals surface area contributed by atoms with Gasteiger partial charge in [0, 0.05) is 47.6 Å². The average molecular weight is 734 g/mol. The second kappa shape index (κ2) is 13.3. The summed E-state index contributed by atoms with van der Waals surface area (Å²) in [4.78, 5) is 15.1. The summed E-state index contributed by atoms with van der Waals surface area (Å²) in [5, 5.41) is 4.69. The van der Waals surface area contributed by atoms with Crippen molar-refractivity contribution in [2.45, 2.75) is 0 Å². The lowest BCUT2D eigenvalue weighted by molar-refractivity contribution is 0.670. The first kappa shape index (κ1) is 32.2. The van der Waals surface area contributed by atoms with Crippen LogP contribution in [0.15, 0.2) is 192 Å². The van der Waals surface area contributed by atoms with Crippen molar-refractivity contribution < 1.29 is 4.42 Å². The topological polar surface area (TPSA) is 51.8 Å². The molecule has 0 aliphatic rings. The van der Waals surface area contributed by atoms with Crippen molar-refractivity contribution in [2.75, 3.05) is 0 Å². The van der Waals surface area contributed by atoms with Gasteiger partial charge in [0.25, 0.3) is 0 Å². The number of thiophene rings is 1. The minimum Gasteiger partial charge on any atom is -0.455 e. The summed E-state index contributed by atoms with van der Waals surface area (Å²) >= 11 is 1.85. The number of nitrogens with zero attached hydrogens (tertiary/aromatic N) is 3. The Morgan fingerprint density at radius 3 is 1.48 bits per heavy atom. The molecule has 3 aromatic heterocycles. The van der Waals surface area contributed by atoms with Crippen LogP contribution in [0.2, 0.25) is 0 Å². The highest BCUT2D eigenvalue weighted by Gasteiger charge is 2.19. The Hall–Kier alpha value is -7.21. The van der Waals surface area contributed by atoms with Crippen LogP contribution in [0, 0.1) is 0 Å². The summed E-state index contributed by atoms with van der Waals surface area (Å²) < 4.78 is 9.49. The molecule has 0 bridgehead atoms. The average Bonchev–Trinajstić information content (AvgIpc) is 3.85. The van der Waals surface area contributed by atoms with Crippen molar-refractivity contribution in [3.63, 3.8) is 0 Å². The highest BCUT2D eigenvalue weighted by atomic mass is 32.1. The smallest absolute Gasteiger partial charge is 0.167 e. The summed E-state index contributed by atoms with van der Waals surface area (Å²) in [7, 11) is 0. The van der Waals surface area contributed by atoms with E-state index < -0.39 is 0 Å². The van der Waals surface area contributed by atoms with Crippen LogP contribution in [0.4, 0.5) is 0 Å². The molecule has 0 unspecified atom stereocenters. The Bertz CT molecular complexity index is 3220. The predicted octanol–water partition coefficient (Wildman–Crippen LogP) is 14.1. The molecule has 0 spiro atoms. The normalized spacial score (nSPS) is 11.6. The second-order valence-electron chi connectivity index (χ2n) is 14.0. The minimum absolute atomic E-state index is 0.562. The summed E-state index contributed by atoms with van der Waals surface area (Å²) in [6.45, 7) is 0. The van der Waals surface area contributed by atoms with Gasteiger partial charge in [0.1, 0.15) is 11.2 Å². The van der Waals surface area contributed by atoms with Gasteiger partial charge in [-0.3, -0.25) is 0 Å². The fourth-order valence-electron chi connectivity index (χ4n) is 7.76. The molecule has 5 heteroatoms. The summed E-state index contributed by atoms with van der Waals surface area (Å²) in [6.07, 6.45) is 0. The molecule has 8 aromatic carbocycles. The standard InChI is InChI=1S/C51H31N3OS/c1-3-11-32(12-4-1)33-23-27-37(28-24-33)50-52-49(36-13-5-2-6-14-36)53-51(54-50)44-19-10-18-43-42-17-9-16-39(47(42)55-48(43)44)35-25-21-34(22-26-35)38-29-30-41-40-15-7-8-20-45(40)56-46(41)31-38/h1-31H. The lowest BCUT2D eigenvalue weighted by Gasteiger charge is -2.09. The molecule has 0 saturated carbocycles. The molecule has 0 N–H and O–H groups in total. The molecular weight excluding hydrogens is 703 g/mol. The molecule has 262 valence electrons. The van der Waals surface area contributed by atoms with Crippen molar-refractivity contribution in [1.82, 2.24) is 15.0 Å². The number of hydrogen-bond acceptors (Lipinski definition) is 5. The molecule has 0 aliphatic carbocycles. The quantitative estimate of drug-likeness (QED) is 0.171. The van der Waals surface area contributed by atoms with Crippen molar-refractivity contribution in [1.29, 1.82) is 0 Å². The van der Waals surface area contributed by atoms with Gasteiger partial charge in [-0.25, -0.2) is 15.0 Å². The van der Waals surface area contributed by atoms with E-state index in [2.05, 4.69) is 146 Å². The van der Waals surface area contributed by atoms with Gasteiger partial charge in [0.2, 0.25) is 0 Å². The van der Waals surface area contributed by atoms with Gasteiger partial charge in [-0.15, -0.1) is 11.3 Å². The summed E-state index contributed by atoms with van der Waals surface area (Å²) in [6, 6.07) is 65.7.